The van der Waals surface area contributed by atoms with Gasteiger partial charge in [-0.3, -0.25) is 15.0 Å². The summed E-state index contributed by atoms with van der Waals surface area (Å²) in [6, 6.07) is 5.01. The summed E-state index contributed by atoms with van der Waals surface area (Å²) in [5, 5.41) is 19.6. The molecule has 0 aliphatic carbocycles. The minimum absolute atomic E-state index is 0.139. The van der Waals surface area contributed by atoms with Crippen LogP contribution in [-0.4, -0.2) is 54.3 Å². The number of piperazine rings is 1. The van der Waals surface area contributed by atoms with E-state index in [1.165, 1.54) is 0 Å². The van der Waals surface area contributed by atoms with E-state index in [0.29, 0.717) is 6.54 Å². The van der Waals surface area contributed by atoms with Crippen LogP contribution in [0.1, 0.15) is 5.56 Å². The van der Waals surface area contributed by atoms with Gasteiger partial charge in [0.2, 0.25) is 0 Å². The standard InChI is InChI=1S/C13H19N3O3/c1-11-10-12(16(18)19)2-3-13(11)15-6-4-14(5-7-15)8-9-17/h2-3,10,17H,4-9H2,1H3. The quantitative estimate of drug-likeness (QED) is 0.650. The third-order valence-corrected chi connectivity index (χ3v) is 3.52. The SMILES string of the molecule is Cc1cc([N+](=O)[O-])ccc1N1CCN(CCO)CC1. The molecule has 1 aliphatic heterocycles. The van der Waals surface area contributed by atoms with Crippen molar-refractivity contribution in [1.82, 2.24) is 4.90 Å². The fraction of sp³-hybridized carbons (Fsp3) is 0.538. The van der Waals surface area contributed by atoms with Crippen molar-refractivity contribution in [1.29, 1.82) is 0 Å². The van der Waals surface area contributed by atoms with Crippen LogP contribution in [0.4, 0.5) is 11.4 Å². The molecule has 1 N–H and O–H groups in total. The van der Waals surface area contributed by atoms with Crippen molar-refractivity contribution in [2.24, 2.45) is 0 Å². The summed E-state index contributed by atoms with van der Waals surface area (Å²) in [6.45, 7) is 6.41. The zero-order chi connectivity index (χ0) is 13.8. The molecular formula is C13H19N3O3. The maximum Gasteiger partial charge on any atom is 0.269 e. The van der Waals surface area contributed by atoms with Crippen LogP contribution in [0.5, 0.6) is 0 Å². The van der Waals surface area contributed by atoms with Gasteiger partial charge in [0.1, 0.15) is 0 Å². The van der Waals surface area contributed by atoms with E-state index in [9.17, 15) is 10.1 Å². The molecule has 104 valence electrons. The highest BCUT2D eigenvalue weighted by molar-refractivity contribution is 5.57. The molecule has 1 heterocycles. The summed E-state index contributed by atoms with van der Waals surface area (Å²) >= 11 is 0. The van der Waals surface area contributed by atoms with Crippen molar-refractivity contribution in [3.63, 3.8) is 0 Å². The third-order valence-electron chi connectivity index (χ3n) is 3.52. The van der Waals surface area contributed by atoms with Gasteiger partial charge in [-0.15, -0.1) is 0 Å². The zero-order valence-corrected chi connectivity index (χ0v) is 11.1. The maximum absolute atomic E-state index is 10.7. The summed E-state index contributed by atoms with van der Waals surface area (Å²) in [4.78, 5) is 14.8. The topological polar surface area (TPSA) is 69.9 Å². The Morgan fingerprint density at radius 2 is 2.00 bits per heavy atom. The molecule has 0 spiro atoms. The van der Waals surface area contributed by atoms with Crippen LogP contribution in [-0.2, 0) is 0 Å². The molecular weight excluding hydrogens is 246 g/mol. The van der Waals surface area contributed by atoms with Crippen molar-refractivity contribution in [3.8, 4) is 0 Å². The average Bonchev–Trinajstić information content (AvgIpc) is 2.40. The first kappa shape index (κ1) is 13.8. The molecule has 19 heavy (non-hydrogen) atoms. The Morgan fingerprint density at radius 1 is 1.32 bits per heavy atom. The summed E-state index contributed by atoms with van der Waals surface area (Å²) in [5.74, 6) is 0. The van der Waals surface area contributed by atoms with Gasteiger partial charge in [0.15, 0.2) is 0 Å². The molecule has 6 heteroatoms. The van der Waals surface area contributed by atoms with E-state index in [-0.39, 0.29) is 17.2 Å². The molecule has 1 aromatic rings. The number of β-amino-alcohol motifs (C(OH)–C–C–N with tert-alkyl or cyclic N) is 1. The Balaban J connectivity index is 2.05. The molecule has 0 saturated carbocycles. The normalized spacial score (nSPS) is 16.6. The second-order valence-electron chi connectivity index (χ2n) is 4.78. The zero-order valence-electron chi connectivity index (χ0n) is 11.1. The number of non-ortho nitro benzene ring substituents is 1. The number of anilines is 1. The van der Waals surface area contributed by atoms with Crippen LogP contribution in [0, 0.1) is 17.0 Å². The molecule has 0 atom stereocenters. The number of aliphatic hydroxyl groups is 1. The van der Waals surface area contributed by atoms with Crippen LogP contribution in [0.3, 0.4) is 0 Å². The van der Waals surface area contributed by atoms with E-state index < -0.39 is 0 Å². The highest BCUT2D eigenvalue weighted by Gasteiger charge is 2.19. The average molecular weight is 265 g/mol. The second kappa shape index (κ2) is 5.99. The Labute approximate surface area is 112 Å². The van der Waals surface area contributed by atoms with E-state index in [1.807, 2.05) is 13.0 Å². The molecule has 6 nitrogen and oxygen atoms in total. The van der Waals surface area contributed by atoms with E-state index in [4.69, 9.17) is 5.11 Å². The van der Waals surface area contributed by atoms with Crippen molar-refractivity contribution < 1.29 is 10.0 Å². The Bertz CT molecular complexity index is 456. The van der Waals surface area contributed by atoms with Gasteiger partial charge in [0.25, 0.3) is 5.69 Å². The van der Waals surface area contributed by atoms with Crippen LogP contribution in [0.25, 0.3) is 0 Å². The van der Waals surface area contributed by atoms with Crippen LogP contribution < -0.4 is 4.90 Å². The molecule has 0 bridgehead atoms. The predicted octanol–water partition coefficient (Wildman–Crippen LogP) is 1.02. The number of aliphatic hydroxyl groups excluding tert-OH is 1. The largest absolute Gasteiger partial charge is 0.395 e. The number of nitro groups is 1. The molecule has 1 saturated heterocycles. The van der Waals surface area contributed by atoms with Gasteiger partial charge in [0, 0.05) is 50.5 Å². The molecule has 1 aliphatic rings. The highest BCUT2D eigenvalue weighted by Crippen LogP contribution is 2.25. The van der Waals surface area contributed by atoms with Gasteiger partial charge in [-0.2, -0.15) is 0 Å². The number of nitrogens with zero attached hydrogens (tertiary/aromatic N) is 3. The van der Waals surface area contributed by atoms with E-state index >= 15 is 0 Å². The Morgan fingerprint density at radius 3 is 2.53 bits per heavy atom. The maximum atomic E-state index is 10.7. The van der Waals surface area contributed by atoms with Gasteiger partial charge in [-0.25, -0.2) is 0 Å². The molecule has 2 rings (SSSR count). The predicted molar refractivity (Wildman–Crippen MR) is 73.6 cm³/mol. The number of aryl methyl sites for hydroxylation is 1. The Hall–Kier alpha value is -1.66. The minimum atomic E-state index is -0.365. The number of nitro benzene ring substituents is 1. The first-order valence-corrected chi connectivity index (χ1v) is 6.45. The minimum Gasteiger partial charge on any atom is -0.395 e. The molecule has 1 aromatic carbocycles. The van der Waals surface area contributed by atoms with E-state index in [0.717, 1.165) is 37.4 Å². The first-order valence-electron chi connectivity index (χ1n) is 6.45. The number of rotatable bonds is 4. The van der Waals surface area contributed by atoms with E-state index in [2.05, 4.69) is 9.80 Å². The fourth-order valence-corrected chi connectivity index (χ4v) is 2.46. The summed E-state index contributed by atoms with van der Waals surface area (Å²) < 4.78 is 0. The lowest BCUT2D eigenvalue weighted by Crippen LogP contribution is -2.47. The van der Waals surface area contributed by atoms with Crippen molar-refractivity contribution in [3.05, 3.63) is 33.9 Å². The molecule has 0 amide bonds. The van der Waals surface area contributed by atoms with Gasteiger partial charge >= 0.3 is 0 Å². The van der Waals surface area contributed by atoms with Gasteiger partial charge in [-0.1, -0.05) is 0 Å². The van der Waals surface area contributed by atoms with Crippen molar-refractivity contribution >= 4 is 11.4 Å². The van der Waals surface area contributed by atoms with Crippen molar-refractivity contribution in [2.75, 3.05) is 44.2 Å². The Kier molecular flexibility index (Phi) is 4.34. The molecule has 0 unspecified atom stereocenters. The lowest BCUT2D eigenvalue weighted by Gasteiger charge is -2.36. The lowest BCUT2D eigenvalue weighted by atomic mass is 10.1. The first-order chi connectivity index (χ1) is 9.11. The lowest BCUT2D eigenvalue weighted by molar-refractivity contribution is -0.384. The van der Waals surface area contributed by atoms with Crippen LogP contribution in [0.15, 0.2) is 18.2 Å². The summed E-state index contributed by atoms with van der Waals surface area (Å²) in [6.07, 6.45) is 0. The number of hydrogen-bond acceptors (Lipinski definition) is 5. The van der Waals surface area contributed by atoms with Crippen molar-refractivity contribution in [2.45, 2.75) is 6.92 Å². The van der Waals surface area contributed by atoms with Gasteiger partial charge in [0.05, 0.1) is 11.5 Å². The summed E-state index contributed by atoms with van der Waals surface area (Å²) in [5.41, 5.74) is 2.14. The smallest absolute Gasteiger partial charge is 0.269 e. The molecule has 0 aromatic heterocycles. The number of hydrogen-bond donors (Lipinski definition) is 1. The summed E-state index contributed by atoms with van der Waals surface area (Å²) in [7, 11) is 0. The second-order valence-corrected chi connectivity index (χ2v) is 4.78. The highest BCUT2D eigenvalue weighted by atomic mass is 16.6. The third kappa shape index (κ3) is 3.21. The molecule has 1 fully saturated rings. The van der Waals surface area contributed by atoms with E-state index in [1.54, 1.807) is 12.1 Å². The fourth-order valence-electron chi connectivity index (χ4n) is 2.46. The van der Waals surface area contributed by atoms with Gasteiger partial charge < -0.3 is 10.0 Å². The number of benzene rings is 1. The van der Waals surface area contributed by atoms with Gasteiger partial charge in [-0.05, 0) is 18.6 Å². The molecule has 0 radical (unpaired) electrons. The van der Waals surface area contributed by atoms with Crippen LogP contribution in [0.2, 0.25) is 0 Å². The monoisotopic (exact) mass is 265 g/mol. The van der Waals surface area contributed by atoms with Crippen LogP contribution >= 0.6 is 0 Å².